The summed E-state index contributed by atoms with van der Waals surface area (Å²) in [5.41, 5.74) is 0. The zero-order chi connectivity index (χ0) is 12.8. The average Bonchev–Trinajstić information content (AvgIpc) is 2.78. The van der Waals surface area contributed by atoms with Gasteiger partial charge < -0.3 is 15.1 Å². The van der Waals surface area contributed by atoms with E-state index in [0.717, 1.165) is 11.8 Å². The molecule has 0 aliphatic carbocycles. The molecule has 0 radical (unpaired) electrons. The van der Waals surface area contributed by atoms with E-state index in [4.69, 9.17) is 0 Å². The number of likely N-dealkylation sites (tertiary alicyclic amines) is 1. The van der Waals surface area contributed by atoms with Crippen molar-refractivity contribution in [1.29, 1.82) is 0 Å². The molecule has 1 unspecified atom stereocenters. The minimum atomic E-state index is 0. The van der Waals surface area contributed by atoms with Gasteiger partial charge in [0.25, 0.3) is 0 Å². The number of nitrogens with one attached hydrogen (secondary N) is 1. The molecule has 2 saturated heterocycles. The molecule has 1 N–H and O–H groups in total. The highest BCUT2D eigenvalue weighted by Crippen LogP contribution is 2.21. The number of rotatable bonds is 6. The molecule has 0 spiro atoms. The highest BCUT2D eigenvalue weighted by Gasteiger charge is 2.25. The van der Waals surface area contributed by atoms with E-state index >= 15 is 0 Å². The molecule has 19 heavy (non-hydrogen) atoms. The fourth-order valence-corrected chi connectivity index (χ4v) is 3.57. The molecule has 0 aromatic heterocycles. The zero-order valence-electron chi connectivity index (χ0n) is 12.7. The smallest absolute Gasteiger partial charge is 0.00225 e. The lowest BCUT2D eigenvalue weighted by Crippen LogP contribution is -2.36. The molecule has 2 heterocycles. The van der Waals surface area contributed by atoms with Gasteiger partial charge >= 0.3 is 0 Å². The Labute approximate surface area is 125 Å². The summed E-state index contributed by atoms with van der Waals surface area (Å²) in [5, 5.41) is 3.46. The lowest BCUT2D eigenvalue weighted by Gasteiger charge is -2.27. The van der Waals surface area contributed by atoms with Gasteiger partial charge in [-0.15, -0.1) is 12.4 Å². The van der Waals surface area contributed by atoms with Gasteiger partial charge in [-0.05, 0) is 70.7 Å². The number of hydrogen-bond acceptors (Lipinski definition) is 3. The van der Waals surface area contributed by atoms with Gasteiger partial charge in [0.1, 0.15) is 0 Å². The first-order valence-corrected chi connectivity index (χ1v) is 7.89. The molecular weight excluding hydrogens is 258 g/mol. The number of halogens is 1. The predicted octanol–water partition coefficient (Wildman–Crippen LogP) is 2.07. The topological polar surface area (TPSA) is 18.5 Å². The largest absolute Gasteiger partial charge is 0.317 e. The molecule has 2 aliphatic rings. The summed E-state index contributed by atoms with van der Waals surface area (Å²) >= 11 is 0. The molecule has 2 aliphatic heterocycles. The Bertz CT molecular complexity index is 231. The normalized spacial score (nSPS) is 25.7. The Balaban J connectivity index is 0.00000180. The van der Waals surface area contributed by atoms with Crippen LogP contribution in [0.15, 0.2) is 0 Å². The maximum Gasteiger partial charge on any atom is 0.00225 e. The Morgan fingerprint density at radius 2 is 1.89 bits per heavy atom. The van der Waals surface area contributed by atoms with Crippen LogP contribution in [-0.4, -0.2) is 62.7 Å². The Hall–Kier alpha value is 0.170. The van der Waals surface area contributed by atoms with Crippen molar-refractivity contribution >= 4 is 12.4 Å². The van der Waals surface area contributed by atoms with Crippen LogP contribution >= 0.6 is 12.4 Å². The minimum Gasteiger partial charge on any atom is -0.317 e. The second kappa shape index (κ2) is 9.17. The van der Waals surface area contributed by atoms with E-state index in [1.54, 1.807) is 0 Å². The van der Waals surface area contributed by atoms with Gasteiger partial charge in [0.2, 0.25) is 0 Å². The molecule has 114 valence electrons. The Kier molecular flexibility index (Phi) is 8.31. The molecule has 0 bridgehead atoms. The zero-order valence-corrected chi connectivity index (χ0v) is 13.6. The van der Waals surface area contributed by atoms with Crippen molar-refractivity contribution in [3.8, 4) is 0 Å². The van der Waals surface area contributed by atoms with E-state index in [-0.39, 0.29) is 12.4 Å². The van der Waals surface area contributed by atoms with E-state index in [0.29, 0.717) is 0 Å². The van der Waals surface area contributed by atoms with Crippen LogP contribution in [0.1, 0.15) is 32.6 Å². The van der Waals surface area contributed by atoms with Crippen LogP contribution in [-0.2, 0) is 0 Å². The second-order valence-electron chi connectivity index (χ2n) is 6.37. The fourth-order valence-electron chi connectivity index (χ4n) is 3.57. The summed E-state index contributed by atoms with van der Waals surface area (Å²) in [5.74, 6) is 1.88. The Morgan fingerprint density at radius 3 is 2.58 bits per heavy atom. The van der Waals surface area contributed by atoms with Crippen molar-refractivity contribution in [3.63, 3.8) is 0 Å². The SMILES string of the molecule is CCCN(C)CC1CCN(CC2CCNCC2)C1.Cl. The maximum atomic E-state index is 3.46. The third-order valence-corrected chi connectivity index (χ3v) is 4.52. The molecule has 0 aromatic rings. The van der Waals surface area contributed by atoms with Crippen LogP contribution in [0.2, 0.25) is 0 Å². The highest BCUT2D eigenvalue weighted by atomic mass is 35.5. The van der Waals surface area contributed by atoms with E-state index in [9.17, 15) is 0 Å². The van der Waals surface area contributed by atoms with Gasteiger partial charge in [-0.1, -0.05) is 6.92 Å². The molecule has 2 fully saturated rings. The number of piperidine rings is 1. The van der Waals surface area contributed by atoms with Crippen LogP contribution in [0, 0.1) is 11.8 Å². The van der Waals surface area contributed by atoms with Crippen molar-refractivity contribution in [2.45, 2.75) is 32.6 Å². The Morgan fingerprint density at radius 1 is 1.16 bits per heavy atom. The first-order chi connectivity index (χ1) is 8.78. The lowest BCUT2D eigenvalue weighted by atomic mass is 9.98. The molecule has 0 aromatic carbocycles. The van der Waals surface area contributed by atoms with Crippen LogP contribution in [0.5, 0.6) is 0 Å². The first kappa shape index (κ1) is 17.2. The highest BCUT2D eigenvalue weighted by molar-refractivity contribution is 5.85. The fraction of sp³-hybridized carbons (Fsp3) is 1.00. The van der Waals surface area contributed by atoms with Crippen molar-refractivity contribution in [1.82, 2.24) is 15.1 Å². The molecular formula is C15H32ClN3. The van der Waals surface area contributed by atoms with Gasteiger partial charge in [0.05, 0.1) is 0 Å². The second-order valence-corrected chi connectivity index (χ2v) is 6.37. The van der Waals surface area contributed by atoms with Gasteiger partial charge in [-0.3, -0.25) is 0 Å². The van der Waals surface area contributed by atoms with Gasteiger partial charge in [-0.25, -0.2) is 0 Å². The molecule has 0 saturated carbocycles. The first-order valence-electron chi connectivity index (χ1n) is 7.89. The van der Waals surface area contributed by atoms with Crippen molar-refractivity contribution < 1.29 is 0 Å². The van der Waals surface area contributed by atoms with E-state index < -0.39 is 0 Å². The maximum absolute atomic E-state index is 3.46. The van der Waals surface area contributed by atoms with Crippen LogP contribution in [0.3, 0.4) is 0 Å². The van der Waals surface area contributed by atoms with Crippen LogP contribution < -0.4 is 5.32 Å². The molecule has 0 amide bonds. The summed E-state index contributed by atoms with van der Waals surface area (Å²) in [6, 6.07) is 0. The van der Waals surface area contributed by atoms with Crippen molar-refractivity contribution in [2.75, 3.05) is 52.9 Å². The number of hydrogen-bond donors (Lipinski definition) is 1. The van der Waals surface area contributed by atoms with E-state index in [1.807, 2.05) is 0 Å². The standard InChI is InChI=1S/C15H31N3.ClH/c1-3-9-17(2)11-15-6-10-18(13-15)12-14-4-7-16-8-5-14;/h14-16H,3-13H2,1-2H3;1H. The third kappa shape index (κ3) is 5.99. The predicted molar refractivity (Wildman–Crippen MR) is 85.2 cm³/mol. The number of nitrogens with zero attached hydrogens (tertiary/aromatic N) is 2. The quantitative estimate of drug-likeness (QED) is 0.808. The van der Waals surface area contributed by atoms with Crippen LogP contribution in [0.4, 0.5) is 0 Å². The third-order valence-electron chi connectivity index (χ3n) is 4.52. The van der Waals surface area contributed by atoms with Crippen molar-refractivity contribution in [2.24, 2.45) is 11.8 Å². The summed E-state index contributed by atoms with van der Waals surface area (Å²) in [7, 11) is 2.28. The average molecular weight is 290 g/mol. The molecule has 2 rings (SSSR count). The van der Waals surface area contributed by atoms with Gasteiger partial charge in [0.15, 0.2) is 0 Å². The van der Waals surface area contributed by atoms with E-state index in [1.165, 1.54) is 71.5 Å². The van der Waals surface area contributed by atoms with Gasteiger partial charge in [0, 0.05) is 19.6 Å². The van der Waals surface area contributed by atoms with Crippen molar-refractivity contribution in [3.05, 3.63) is 0 Å². The summed E-state index contributed by atoms with van der Waals surface area (Å²) < 4.78 is 0. The molecule has 3 nitrogen and oxygen atoms in total. The summed E-state index contributed by atoms with van der Waals surface area (Å²) in [6.45, 7) is 11.3. The molecule has 4 heteroatoms. The minimum absolute atomic E-state index is 0. The van der Waals surface area contributed by atoms with Gasteiger partial charge in [-0.2, -0.15) is 0 Å². The summed E-state index contributed by atoms with van der Waals surface area (Å²) in [4.78, 5) is 5.24. The summed E-state index contributed by atoms with van der Waals surface area (Å²) in [6.07, 6.45) is 5.47. The monoisotopic (exact) mass is 289 g/mol. The lowest BCUT2D eigenvalue weighted by molar-refractivity contribution is 0.222. The molecule has 1 atom stereocenters. The van der Waals surface area contributed by atoms with E-state index in [2.05, 4.69) is 29.1 Å². The van der Waals surface area contributed by atoms with Crippen LogP contribution in [0.25, 0.3) is 0 Å².